The fourth-order valence-electron chi connectivity index (χ4n) is 3.42. The standard InChI is InChI=1S/C23H27Cl4N3O4S/c1-4-8-28-23(32)21(5-2)29(13-15-6-7-16(24)12-20(15)27)22(31)14-30(35(3,33)34)19-10-17(25)9-18(26)11-19/h6-7,9-12,21H,4-5,8,13-14H2,1-3H3,(H,28,32)/t21-/m0/s1. The van der Waals surface area contributed by atoms with Crippen LogP contribution in [0.1, 0.15) is 32.3 Å². The van der Waals surface area contributed by atoms with E-state index in [0.29, 0.717) is 28.6 Å². The lowest BCUT2D eigenvalue weighted by atomic mass is 10.1. The minimum atomic E-state index is -3.91. The molecule has 0 radical (unpaired) electrons. The van der Waals surface area contributed by atoms with Crippen LogP contribution in [-0.2, 0) is 26.2 Å². The number of anilines is 1. The Morgan fingerprint density at radius 1 is 0.971 bits per heavy atom. The van der Waals surface area contributed by atoms with Crippen LogP contribution in [0.5, 0.6) is 0 Å². The van der Waals surface area contributed by atoms with Gasteiger partial charge in [0.05, 0.1) is 11.9 Å². The van der Waals surface area contributed by atoms with E-state index in [1.54, 1.807) is 19.1 Å². The molecule has 0 aliphatic carbocycles. The summed E-state index contributed by atoms with van der Waals surface area (Å²) < 4.78 is 26.2. The Labute approximate surface area is 226 Å². The number of amides is 2. The number of sulfonamides is 1. The van der Waals surface area contributed by atoms with Gasteiger partial charge < -0.3 is 10.2 Å². The monoisotopic (exact) mass is 581 g/mol. The Bertz CT molecular complexity index is 1160. The number of rotatable bonds is 11. The molecule has 2 aromatic carbocycles. The van der Waals surface area contributed by atoms with Gasteiger partial charge in [-0.15, -0.1) is 0 Å². The van der Waals surface area contributed by atoms with Gasteiger partial charge in [-0.05, 0) is 48.7 Å². The summed E-state index contributed by atoms with van der Waals surface area (Å²) in [6.45, 7) is 3.53. The van der Waals surface area contributed by atoms with Crippen molar-refractivity contribution in [3.8, 4) is 0 Å². The SMILES string of the molecule is CCCNC(=O)[C@H](CC)N(Cc1ccc(Cl)cc1Cl)C(=O)CN(c1cc(Cl)cc(Cl)c1)S(C)(=O)=O. The molecule has 2 amide bonds. The first-order valence-corrected chi connectivity index (χ1v) is 14.2. The predicted octanol–water partition coefficient (Wildman–Crippen LogP) is 5.40. The van der Waals surface area contributed by atoms with Crippen LogP contribution >= 0.6 is 46.4 Å². The molecular formula is C23H27Cl4N3O4S. The van der Waals surface area contributed by atoms with E-state index in [2.05, 4.69) is 5.32 Å². The molecule has 0 spiro atoms. The van der Waals surface area contributed by atoms with Gasteiger partial charge in [0.15, 0.2) is 0 Å². The first kappa shape index (κ1) is 29.5. The molecule has 1 N–H and O–H groups in total. The van der Waals surface area contributed by atoms with Gasteiger partial charge in [-0.3, -0.25) is 13.9 Å². The van der Waals surface area contributed by atoms with Gasteiger partial charge in [0, 0.05) is 33.2 Å². The van der Waals surface area contributed by atoms with Crippen LogP contribution in [-0.4, -0.2) is 50.5 Å². The summed E-state index contributed by atoms with van der Waals surface area (Å²) in [6, 6.07) is 8.21. The van der Waals surface area contributed by atoms with Crippen molar-refractivity contribution in [2.75, 3.05) is 23.7 Å². The third kappa shape index (κ3) is 8.43. The van der Waals surface area contributed by atoms with Crippen molar-refractivity contribution in [2.24, 2.45) is 0 Å². The molecule has 0 aromatic heterocycles. The third-order valence-corrected chi connectivity index (χ3v) is 7.27. The average molecular weight is 583 g/mol. The molecule has 0 aliphatic heterocycles. The number of carbonyl (C=O) groups is 2. The van der Waals surface area contributed by atoms with Gasteiger partial charge in [-0.25, -0.2) is 8.42 Å². The highest BCUT2D eigenvalue weighted by molar-refractivity contribution is 7.92. The first-order valence-electron chi connectivity index (χ1n) is 10.8. The maximum Gasteiger partial charge on any atom is 0.244 e. The van der Waals surface area contributed by atoms with Crippen molar-refractivity contribution < 1.29 is 18.0 Å². The van der Waals surface area contributed by atoms with E-state index in [0.717, 1.165) is 17.0 Å². The van der Waals surface area contributed by atoms with Gasteiger partial charge in [-0.1, -0.05) is 66.3 Å². The fourth-order valence-corrected chi connectivity index (χ4v) is 5.23. The van der Waals surface area contributed by atoms with E-state index in [1.165, 1.54) is 29.2 Å². The number of nitrogens with one attached hydrogen (secondary N) is 1. The number of nitrogens with zero attached hydrogens (tertiary/aromatic N) is 2. The van der Waals surface area contributed by atoms with Crippen LogP contribution in [0.2, 0.25) is 20.1 Å². The molecule has 192 valence electrons. The van der Waals surface area contributed by atoms with Crippen LogP contribution in [0.25, 0.3) is 0 Å². The van der Waals surface area contributed by atoms with Gasteiger partial charge >= 0.3 is 0 Å². The lowest BCUT2D eigenvalue weighted by Gasteiger charge is -2.33. The second kappa shape index (κ2) is 13.0. The molecule has 0 saturated carbocycles. The summed E-state index contributed by atoms with van der Waals surface area (Å²) in [5.74, 6) is -0.944. The lowest BCUT2D eigenvalue weighted by Crippen LogP contribution is -2.52. The Balaban J connectivity index is 2.49. The molecule has 1 atom stereocenters. The van der Waals surface area contributed by atoms with E-state index in [1.807, 2.05) is 6.92 Å². The van der Waals surface area contributed by atoms with E-state index in [-0.39, 0.29) is 28.2 Å². The molecular weight excluding hydrogens is 556 g/mol. The Morgan fingerprint density at radius 2 is 1.60 bits per heavy atom. The normalized spacial score (nSPS) is 12.2. The molecule has 0 bridgehead atoms. The molecule has 0 saturated heterocycles. The van der Waals surface area contributed by atoms with E-state index in [4.69, 9.17) is 46.4 Å². The van der Waals surface area contributed by atoms with Gasteiger partial charge in [-0.2, -0.15) is 0 Å². The summed E-state index contributed by atoms with van der Waals surface area (Å²) in [4.78, 5) is 27.9. The number of carbonyl (C=O) groups excluding carboxylic acids is 2. The third-order valence-electron chi connectivity index (χ3n) is 5.11. The second-order valence-electron chi connectivity index (χ2n) is 7.87. The lowest BCUT2D eigenvalue weighted by molar-refractivity contribution is -0.140. The Morgan fingerprint density at radius 3 is 2.11 bits per heavy atom. The molecule has 0 aliphatic rings. The minimum absolute atomic E-state index is 0.0270. The number of hydrogen-bond donors (Lipinski definition) is 1. The molecule has 0 fully saturated rings. The van der Waals surface area contributed by atoms with Crippen molar-refractivity contribution >= 4 is 73.9 Å². The summed E-state index contributed by atoms with van der Waals surface area (Å²) in [6.07, 6.45) is 1.99. The summed E-state index contributed by atoms with van der Waals surface area (Å²) in [5, 5.41) is 3.97. The smallest absolute Gasteiger partial charge is 0.244 e. The van der Waals surface area contributed by atoms with Crippen LogP contribution in [0.15, 0.2) is 36.4 Å². The number of benzene rings is 2. The quantitative estimate of drug-likeness (QED) is 0.384. The largest absolute Gasteiger partial charge is 0.354 e. The molecule has 2 aromatic rings. The summed E-state index contributed by atoms with van der Waals surface area (Å²) in [5.41, 5.74) is 0.689. The maximum atomic E-state index is 13.6. The van der Waals surface area contributed by atoms with Crippen LogP contribution in [0.4, 0.5) is 5.69 Å². The Hall–Kier alpha value is -1.71. The predicted molar refractivity (Wildman–Crippen MR) is 143 cm³/mol. The van der Waals surface area contributed by atoms with Crippen molar-refractivity contribution in [3.63, 3.8) is 0 Å². The zero-order valence-corrected chi connectivity index (χ0v) is 23.4. The van der Waals surface area contributed by atoms with Crippen molar-refractivity contribution in [1.29, 1.82) is 0 Å². The highest BCUT2D eigenvalue weighted by Gasteiger charge is 2.32. The van der Waals surface area contributed by atoms with Crippen LogP contribution in [0.3, 0.4) is 0 Å². The molecule has 0 heterocycles. The fraction of sp³-hybridized carbons (Fsp3) is 0.391. The van der Waals surface area contributed by atoms with Crippen LogP contribution in [0, 0.1) is 0 Å². The maximum absolute atomic E-state index is 13.6. The van der Waals surface area contributed by atoms with E-state index >= 15 is 0 Å². The number of hydrogen-bond acceptors (Lipinski definition) is 4. The topological polar surface area (TPSA) is 86.8 Å². The molecule has 2 rings (SSSR count). The highest BCUT2D eigenvalue weighted by Crippen LogP contribution is 2.28. The summed E-state index contributed by atoms with van der Waals surface area (Å²) in [7, 11) is -3.91. The van der Waals surface area contributed by atoms with Crippen molar-refractivity contribution in [1.82, 2.24) is 10.2 Å². The first-order chi connectivity index (χ1) is 16.4. The van der Waals surface area contributed by atoms with Crippen LogP contribution < -0.4 is 9.62 Å². The zero-order valence-electron chi connectivity index (χ0n) is 19.5. The second-order valence-corrected chi connectivity index (χ2v) is 11.5. The van der Waals surface area contributed by atoms with Gasteiger partial charge in [0.1, 0.15) is 12.6 Å². The van der Waals surface area contributed by atoms with Crippen molar-refractivity contribution in [2.45, 2.75) is 39.3 Å². The minimum Gasteiger partial charge on any atom is -0.354 e. The number of halogens is 4. The zero-order chi connectivity index (χ0) is 26.3. The molecule has 35 heavy (non-hydrogen) atoms. The summed E-state index contributed by atoms with van der Waals surface area (Å²) >= 11 is 24.5. The van der Waals surface area contributed by atoms with Gasteiger partial charge in [0.25, 0.3) is 0 Å². The van der Waals surface area contributed by atoms with E-state index in [9.17, 15) is 18.0 Å². The molecule has 12 heteroatoms. The van der Waals surface area contributed by atoms with E-state index < -0.39 is 28.5 Å². The van der Waals surface area contributed by atoms with Crippen molar-refractivity contribution in [3.05, 3.63) is 62.1 Å². The average Bonchev–Trinajstić information content (AvgIpc) is 2.75. The Kier molecular flexibility index (Phi) is 11.0. The highest BCUT2D eigenvalue weighted by atomic mass is 35.5. The van der Waals surface area contributed by atoms with Gasteiger partial charge in [0.2, 0.25) is 21.8 Å². The molecule has 7 nitrogen and oxygen atoms in total. The molecule has 0 unspecified atom stereocenters.